The summed E-state index contributed by atoms with van der Waals surface area (Å²) in [4.78, 5) is 50.5. The number of ketones is 1. The van der Waals surface area contributed by atoms with E-state index in [9.17, 15) is 34.1 Å². The normalized spacial score (nSPS) is 19.2. The number of unbranched alkanes of at least 4 members (excludes halogenated alkanes) is 10. The van der Waals surface area contributed by atoms with Crippen molar-refractivity contribution in [3.8, 4) is 0 Å². The third-order valence-electron chi connectivity index (χ3n) is 11.4. The standard InChI is InChI=1S/C46H80NO12P/c1-8-10-17-23-37(48)28-29-40-39(41(49)32-42(40)50)24-18-15-16-20-26-45(51)55-33-38(34-57-60(53,54)56-31-30-47(5,6)7)58-46(52)27-21-14-12-11-13-19-25-44-36(4)35(3)43(59-44)22-9-2/h28-29,37-40,42,48,50H,8-27,30-34H2,1-7H3/b29-28+/t37-,38+,39+,40+,42+/m0/s1. The number of carbonyl (C=O) groups excluding carboxylic acids is 3. The molecule has 1 heterocycles. The number of rotatable bonds is 34. The van der Waals surface area contributed by atoms with Gasteiger partial charge in [-0.1, -0.05) is 90.2 Å². The fraction of sp³-hybridized carbons (Fsp3) is 0.804. The van der Waals surface area contributed by atoms with Crippen molar-refractivity contribution >= 4 is 25.5 Å². The highest BCUT2D eigenvalue weighted by Crippen LogP contribution is 2.38. The highest BCUT2D eigenvalue weighted by atomic mass is 31.2. The third kappa shape index (κ3) is 22.6. The Morgan fingerprint density at radius 2 is 1.47 bits per heavy atom. The SMILES string of the molecule is CCCCC[C@H](O)/C=C/[C@H]1[C@H](O)CC(=O)[C@@H]1CCCCCCC(=O)OC[C@H](COP(=O)([O-])OCC[N+](C)(C)C)OC(=O)CCCCCCCCc1oc(CCC)c(C)c1C. The predicted octanol–water partition coefficient (Wildman–Crippen LogP) is 8.19. The quantitative estimate of drug-likeness (QED) is 0.0223. The van der Waals surface area contributed by atoms with E-state index >= 15 is 0 Å². The molecule has 0 radical (unpaired) electrons. The highest BCUT2D eigenvalue weighted by Gasteiger charge is 2.39. The molecule has 2 rings (SSSR count). The first-order valence-electron chi connectivity index (χ1n) is 22.9. The van der Waals surface area contributed by atoms with Crippen LogP contribution in [-0.4, -0.2) is 98.2 Å². The number of hydrogen-bond donors (Lipinski definition) is 2. The molecule has 6 atom stereocenters. The van der Waals surface area contributed by atoms with E-state index in [-0.39, 0.29) is 50.1 Å². The Hall–Kier alpha value is -2.38. The molecule has 0 aliphatic heterocycles. The Balaban J connectivity index is 1.75. The predicted molar refractivity (Wildman–Crippen MR) is 231 cm³/mol. The molecule has 1 aromatic heterocycles. The summed E-state index contributed by atoms with van der Waals surface area (Å²) in [5.41, 5.74) is 2.53. The van der Waals surface area contributed by atoms with Crippen molar-refractivity contribution in [3.05, 3.63) is 34.8 Å². The number of ether oxygens (including phenoxy) is 2. The van der Waals surface area contributed by atoms with E-state index in [4.69, 9.17) is 22.9 Å². The summed E-state index contributed by atoms with van der Waals surface area (Å²) in [6, 6.07) is 0. The molecule has 0 saturated heterocycles. The van der Waals surface area contributed by atoms with Gasteiger partial charge >= 0.3 is 11.9 Å². The van der Waals surface area contributed by atoms with Gasteiger partial charge in [-0.2, -0.15) is 0 Å². The topological polar surface area (TPSA) is 182 Å². The minimum atomic E-state index is -4.70. The van der Waals surface area contributed by atoms with Crippen molar-refractivity contribution in [2.75, 3.05) is 47.5 Å². The maximum atomic E-state index is 12.8. The maximum Gasteiger partial charge on any atom is 0.306 e. The van der Waals surface area contributed by atoms with Crippen LogP contribution in [0.15, 0.2) is 16.6 Å². The molecule has 0 spiro atoms. The Morgan fingerprint density at radius 1 is 0.850 bits per heavy atom. The molecule has 0 bridgehead atoms. The van der Waals surface area contributed by atoms with Gasteiger partial charge in [-0.3, -0.25) is 18.9 Å². The number of furan rings is 1. The van der Waals surface area contributed by atoms with Crippen LogP contribution in [0.25, 0.3) is 0 Å². The van der Waals surface area contributed by atoms with Crippen LogP contribution in [0.2, 0.25) is 0 Å². The number of aliphatic hydroxyl groups is 2. The number of Topliss-reactive ketones (excluding diaryl/α,β-unsaturated/α-hetero) is 1. The average molecular weight is 870 g/mol. The van der Waals surface area contributed by atoms with Crippen molar-refractivity contribution in [2.24, 2.45) is 11.8 Å². The zero-order chi connectivity index (χ0) is 44.6. The Morgan fingerprint density at radius 3 is 2.12 bits per heavy atom. The van der Waals surface area contributed by atoms with Gasteiger partial charge in [-0.05, 0) is 63.5 Å². The molecule has 1 aliphatic carbocycles. The van der Waals surface area contributed by atoms with Crippen LogP contribution < -0.4 is 4.89 Å². The molecular formula is C46H80NO12P. The summed E-state index contributed by atoms with van der Waals surface area (Å²) in [5, 5.41) is 20.8. The van der Waals surface area contributed by atoms with Crippen molar-refractivity contribution < 1.29 is 61.5 Å². The van der Waals surface area contributed by atoms with Gasteiger partial charge in [-0.25, -0.2) is 0 Å². The van der Waals surface area contributed by atoms with Gasteiger partial charge in [0.15, 0.2) is 6.10 Å². The number of quaternary nitrogens is 1. The van der Waals surface area contributed by atoms with Crippen LogP contribution in [0.1, 0.15) is 158 Å². The molecular weight excluding hydrogens is 789 g/mol. The lowest BCUT2D eigenvalue weighted by molar-refractivity contribution is -0.870. The molecule has 346 valence electrons. The minimum Gasteiger partial charge on any atom is -0.756 e. The lowest BCUT2D eigenvalue weighted by Gasteiger charge is -2.28. The fourth-order valence-electron chi connectivity index (χ4n) is 7.48. The molecule has 60 heavy (non-hydrogen) atoms. The van der Waals surface area contributed by atoms with E-state index in [1.165, 1.54) is 11.1 Å². The van der Waals surface area contributed by atoms with Crippen LogP contribution in [0.5, 0.6) is 0 Å². The van der Waals surface area contributed by atoms with Crippen molar-refractivity contribution in [1.29, 1.82) is 0 Å². The summed E-state index contributed by atoms with van der Waals surface area (Å²) in [5.74, 6) is 0.629. The first-order valence-corrected chi connectivity index (χ1v) is 24.3. The molecule has 14 heteroatoms. The number of nitrogens with zero attached hydrogens (tertiary/aromatic N) is 1. The molecule has 1 saturated carbocycles. The lowest BCUT2D eigenvalue weighted by atomic mass is 9.88. The summed E-state index contributed by atoms with van der Waals surface area (Å²) >= 11 is 0. The second-order valence-corrected chi connectivity index (χ2v) is 19.2. The van der Waals surface area contributed by atoms with Crippen LogP contribution >= 0.6 is 7.82 Å². The molecule has 0 aromatic carbocycles. The van der Waals surface area contributed by atoms with E-state index in [0.29, 0.717) is 36.7 Å². The van der Waals surface area contributed by atoms with E-state index in [1.54, 1.807) is 6.08 Å². The van der Waals surface area contributed by atoms with Crippen LogP contribution in [-0.2, 0) is 50.3 Å². The number of likely N-dealkylation sites (N-methyl/N-ethyl adjacent to an activating group) is 1. The number of aliphatic hydroxyl groups excluding tert-OH is 2. The first-order chi connectivity index (χ1) is 28.5. The zero-order valence-corrected chi connectivity index (χ0v) is 39.0. The van der Waals surface area contributed by atoms with Gasteiger partial charge in [0.25, 0.3) is 7.82 Å². The average Bonchev–Trinajstić information content (AvgIpc) is 3.60. The second-order valence-electron chi connectivity index (χ2n) is 17.8. The number of carbonyl (C=O) groups is 3. The van der Waals surface area contributed by atoms with Gasteiger partial charge in [-0.15, -0.1) is 0 Å². The molecule has 13 nitrogen and oxygen atoms in total. The van der Waals surface area contributed by atoms with Gasteiger partial charge in [0, 0.05) is 43.9 Å². The maximum absolute atomic E-state index is 12.8. The number of aryl methyl sites for hydroxylation is 2. The number of hydrogen-bond acceptors (Lipinski definition) is 12. The van der Waals surface area contributed by atoms with Crippen molar-refractivity contribution in [3.63, 3.8) is 0 Å². The summed E-state index contributed by atoms with van der Waals surface area (Å²) in [6.45, 7) is 7.98. The minimum absolute atomic E-state index is 0.0445. The monoisotopic (exact) mass is 870 g/mol. The molecule has 0 amide bonds. The van der Waals surface area contributed by atoms with Crippen molar-refractivity contribution in [2.45, 2.75) is 181 Å². The zero-order valence-electron chi connectivity index (χ0n) is 38.1. The van der Waals surface area contributed by atoms with Crippen LogP contribution in [0, 0.1) is 25.7 Å². The molecule has 1 fully saturated rings. The largest absolute Gasteiger partial charge is 0.756 e. The summed E-state index contributed by atoms with van der Waals surface area (Å²) in [7, 11) is 1.01. The molecule has 2 N–H and O–H groups in total. The van der Waals surface area contributed by atoms with Gasteiger partial charge in [0.05, 0.1) is 40.0 Å². The molecule has 1 aliphatic rings. The second kappa shape index (κ2) is 29.1. The number of phosphoric ester groups is 1. The molecule has 1 aromatic rings. The first kappa shape index (κ1) is 53.8. The number of phosphoric acid groups is 1. The molecule has 1 unspecified atom stereocenters. The fourth-order valence-corrected chi connectivity index (χ4v) is 8.21. The highest BCUT2D eigenvalue weighted by molar-refractivity contribution is 7.45. The summed E-state index contributed by atoms with van der Waals surface area (Å²) in [6.07, 6.45) is 17.2. The van der Waals surface area contributed by atoms with Gasteiger partial charge < -0.3 is 42.5 Å². The lowest BCUT2D eigenvalue weighted by Crippen LogP contribution is -2.37. The van der Waals surface area contributed by atoms with E-state index in [0.717, 1.165) is 101 Å². The summed E-state index contributed by atoms with van der Waals surface area (Å²) < 4.78 is 40.0. The van der Waals surface area contributed by atoms with Crippen molar-refractivity contribution in [1.82, 2.24) is 0 Å². The van der Waals surface area contributed by atoms with Gasteiger partial charge in [0.2, 0.25) is 0 Å². The van der Waals surface area contributed by atoms with Crippen LogP contribution in [0.4, 0.5) is 0 Å². The van der Waals surface area contributed by atoms with E-state index in [2.05, 4.69) is 27.7 Å². The van der Waals surface area contributed by atoms with E-state index in [1.807, 2.05) is 27.2 Å². The van der Waals surface area contributed by atoms with Gasteiger partial charge in [0.1, 0.15) is 37.1 Å². The third-order valence-corrected chi connectivity index (χ3v) is 12.3. The Kier molecular flexibility index (Phi) is 26.0. The number of esters is 2. The van der Waals surface area contributed by atoms with Crippen LogP contribution in [0.3, 0.4) is 0 Å². The smallest absolute Gasteiger partial charge is 0.306 e. The Labute approximate surface area is 361 Å². The van der Waals surface area contributed by atoms with E-state index < -0.39 is 44.7 Å². The Bertz CT molecular complexity index is 1470.